The van der Waals surface area contributed by atoms with Crippen molar-refractivity contribution >= 4 is 5.91 Å². The molecule has 2 aliphatic rings. The topological polar surface area (TPSA) is 26.8 Å². The highest BCUT2D eigenvalue weighted by molar-refractivity contribution is 5.93. The Balaban J connectivity index is 1.44. The van der Waals surface area contributed by atoms with Gasteiger partial charge in [-0.25, -0.2) is 0 Å². The maximum absolute atomic E-state index is 12.1. The highest BCUT2D eigenvalue weighted by atomic mass is 16.2. The molecule has 0 N–H and O–H groups in total. The lowest BCUT2D eigenvalue weighted by atomic mass is 9.88. The molecule has 2 aliphatic heterocycles. The minimum absolute atomic E-state index is 0.0614. The lowest BCUT2D eigenvalue weighted by Gasteiger charge is -2.28. The molecule has 4 heteroatoms. The van der Waals surface area contributed by atoms with Gasteiger partial charge in [-0.1, -0.05) is 36.4 Å². The van der Waals surface area contributed by atoms with Gasteiger partial charge in [0, 0.05) is 51.9 Å². The Morgan fingerprint density at radius 1 is 1.04 bits per heavy atom. The average Bonchev–Trinajstić information content (AvgIpc) is 3.18. The summed E-state index contributed by atoms with van der Waals surface area (Å²) in [5, 5.41) is 0. The summed E-state index contributed by atoms with van der Waals surface area (Å²) in [5.41, 5.74) is 4.94. The number of carbonyl (C=O) groups excluding carboxylic acids is 1. The molecule has 2 aromatic carbocycles. The molecular formula is C24H31N3O. The molecule has 0 radical (unpaired) electrons. The zero-order valence-electron chi connectivity index (χ0n) is 17.4. The third kappa shape index (κ3) is 3.59. The summed E-state index contributed by atoms with van der Waals surface area (Å²) >= 11 is 0. The summed E-state index contributed by atoms with van der Waals surface area (Å²) in [5.74, 6) is 1.50. The van der Waals surface area contributed by atoms with Crippen LogP contribution in [0.3, 0.4) is 0 Å². The number of nitrogens with zero attached hydrogens (tertiary/aromatic N) is 3. The minimum atomic E-state index is 0.0614. The lowest BCUT2D eigenvalue weighted by molar-refractivity contribution is 0.0827. The van der Waals surface area contributed by atoms with Gasteiger partial charge in [-0.05, 0) is 54.6 Å². The quantitative estimate of drug-likeness (QED) is 0.817. The molecule has 0 saturated carbocycles. The van der Waals surface area contributed by atoms with Gasteiger partial charge in [0.1, 0.15) is 0 Å². The van der Waals surface area contributed by atoms with Crippen molar-refractivity contribution in [2.45, 2.75) is 19.5 Å². The van der Waals surface area contributed by atoms with Gasteiger partial charge in [0.15, 0.2) is 0 Å². The first-order chi connectivity index (χ1) is 13.4. The monoisotopic (exact) mass is 377 g/mol. The zero-order valence-corrected chi connectivity index (χ0v) is 17.4. The fourth-order valence-electron chi connectivity index (χ4n) is 5.13. The molecule has 4 nitrogen and oxygen atoms in total. The second-order valence-electron chi connectivity index (χ2n) is 8.76. The molecule has 0 aliphatic carbocycles. The molecular weight excluding hydrogens is 346 g/mol. The first kappa shape index (κ1) is 19.2. The van der Waals surface area contributed by atoms with Crippen molar-refractivity contribution < 1.29 is 4.79 Å². The van der Waals surface area contributed by atoms with Crippen LogP contribution in [0.1, 0.15) is 33.1 Å². The number of fused-ring (bicyclic) bond motifs is 1. The second-order valence-corrected chi connectivity index (χ2v) is 8.76. The van der Waals surface area contributed by atoms with Crippen LogP contribution in [0.15, 0.2) is 48.5 Å². The van der Waals surface area contributed by atoms with Crippen molar-refractivity contribution in [3.05, 3.63) is 70.8 Å². The molecule has 28 heavy (non-hydrogen) atoms. The van der Waals surface area contributed by atoms with E-state index in [1.54, 1.807) is 19.0 Å². The van der Waals surface area contributed by atoms with Gasteiger partial charge in [-0.3, -0.25) is 14.6 Å². The minimum Gasteiger partial charge on any atom is -0.345 e. The van der Waals surface area contributed by atoms with Gasteiger partial charge in [0.25, 0.3) is 5.91 Å². The average molecular weight is 378 g/mol. The van der Waals surface area contributed by atoms with Crippen LogP contribution in [-0.2, 0) is 6.54 Å². The number of rotatable bonds is 4. The Morgan fingerprint density at radius 2 is 1.75 bits per heavy atom. The molecule has 2 saturated heterocycles. The summed E-state index contributed by atoms with van der Waals surface area (Å²) in [7, 11) is 5.86. The number of hydrogen-bond acceptors (Lipinski definition) is 3. The Kier molecular flexibility index (Phi) is 5.26. The number of carbonyl (C=O) groups is 1. The van der Waals surface area contributed by atoms with Crippen molar-refractivity contribution in [2.75, 3.05) is 40.8 Å². The zero-order chi connectivity index (χ0) is 19.8. The van der Waals surface area contributed by atoms with Crippen LogP contribution >= 0.6 is 0 Å². The van der Waals surface area contributed by atoms with Gasteiger partial charge in [0.2, 0.25) is 0 Å². The molecule has 2 heterocycles. The van der Waals surface area contributed by atoms with Crippen LogP contribution < -0.4 is 0 Å². The van der Waals surface area contributed by atoms with E-state index >= 15 is 0 Å². The molecule has 1 amide bonds. The molecule has 3 atom stereocenters. The third-order valence-corrected chi connectivity index (χ3v) is 6.49. The Hall–Kier alpha value is -2.17. The third-order valence-electron chi connectivity index (χ3n) is 6.49. The Bertz CT molecular complexity index is 845. The van der Waals surface area contributed by atoms with Crippen LogP contribution in [0, 0.1) is 18.8 Å². The van der Waals surface area contributed by atoms with Crippen molar-refractivity contribution in [3.63, 3.8) is 0 Å². The van der Waals surface area contributed by atoms with Crippen molar-refractivity contribution in [2.24, 2.45) is 11.8 Å². The summed E-state index contributed by atoms with van der Waals surface area (Å²) in [4.78, 5) is 18.8. The van der Waals surface area contributed by atoms with Crippen molar-refractivity contribution in [1.29, 1.82) is 0 Å². The van der Waals surface area contributed by atoms with Crippen LogP contribution in [-0.4, -0.2) is 61.4 Å². The van der Waals surface area contributed by atoms with Crippen LogP contribution in [0.5, 0.6) is 0 Å². The fraction of sp³-hybridized carbons (Fsp3) is 0.458. The van der Waals surface area contributed by atoms with E-state index in [0.29, 0.717) is 12.0 Å². The Morgan fingerprint density at radius 3 is 2.43 bits per heavy atom. The fourth-order valence-corrected chi connectivity index (χ4v) is 5.13. The standard InChI is InChI=1S/C24H31N3O/c1-17-7-5-6-8-21(17)23-22-16-27(15-20(22)14-26(23)4)13-18-9-11-19(12-10-18)24(28)25(2)3/h5-12,20,22-23H,13-16H2,1-4H3/t20-,22+,23+/m0/s1. The van der Waals surface area contributed by atoms with Gasteiger partial charge in [-0.2, -0.15) is 0 Å². The molecule has 0 bridgehead atoms. The summed E-state index contributed by atoms with van der Waals surface area (Å²) in [6.07, 6.45) is 0. The number of hydrogen-bond donors (Lipinski definition) is 0. The van der Waals surface area contributed by atoms with E-state index in [0.717, 1.165) is 31.1 Å². The summed E-state index contributed by atoms with van der Waals surface area (Å²) < 4.78 is 0. The number of amides is 1. The van der Waals surface area contributed by atoms with E-state index in [1.807, 2.05) is 12.1 Å². The van der Waals surface area contributed by atoms with Crippen molar-refractivity contribution in [1.82, 2.24) is 14.7 Å². The predicted molar refractivity (Wildman–Crippen MR) is 113 cm³/mol. The molecule has 148 valence electrons. The van der Waals surface area contributed by atoms with E-state index in [1.165, 1.54) is 23.2 Å². The highest BCUT2D eigenvalue weighted by Crippen LogP contribution is 2.45. The molecule has 2 aromatic rings. The largest absolute Gasteiger partial charge is 0.345 e. The van der Waals surface area contributed by atoms with E-state index in [9.17, 15) is 4.79 Å². The van der Waals surface area contributed by atoms with Crippen LogP contribution in [0.2, 0.25) is 0 Å². The van der Waals surface area contributed by atoms with Gasteiger partial charge in [0.05, 0.1) is 0 Å². The first-order valence-electron chi connectivity index (χ1n) is 10.2. The van der Waals surface area contributed by atoms with E-state index in [2.05, 4.69) is 60.2 Å². The van der Waals surface area contributed by atoms with Gasteiger partial charge in [-0.15, -0.1) is 0 Å². The highest BCUT2D eigenvalue weighted by Gasteiger charge is 2.46. The molecule has 4 rings (SSSR count). The molecule has 2 fully saturated rings. The number of benzene rings is 2. The predicted octanol–water partition coefficient (Wildman–Crippen LogP) is 3.43. The van der Waals surface area contributed by atoms with Crippen molar-refractivity contribution in [3.8, 4) is 0 Å². The number of likely N-dealkylation sites (tertiary alicyclic amines) is 2. The van der Waals surface area contributed by atoms with E-state index < -0.39 is 0 Å². The maximum atomic E-state index is 12.1. The summed E-state index contributed by atoms with van der Waals surface area (Å²) in [6, 6.07) is 17.5. The smallest absolute Gasteiger partial charge is 0.253 e. The SMILES string of the molecule is Cc1ccccc1[C@@H]1[C@@H]2CN(Cc3ccc(C(=O)N(C)C)cc3)C[C@@H]2CN1C. The van der Waals surface area contributed by atoms with Gasteiger partial charge >= 0.3 is 0 Å². The Labute approximate surface area is 168 Å². The second kappa shape index (κ2) is 7.69. The van der Waals surface area contributed by atoms with E-state index in [4.69, 9.17) is 0 Å². The lowest BCUT2D eigenvalue weighted by Crippen LogP contribution is -2.29. The summed E-state index contributed by atoms with van der Waals surface area (Å²) in [6.45, 7) is 6.69. The normalized spacial score (nSPS) is 25.1. The van der Waals surface area contributed by atoms with Crippen LogP contribution in [0.4, 0.5) is 0 Å². The van der Waals surface area contributed by atoms with E-state index in [-0.39, 0.29) is 5.91 Å². The number of aryl methyl sites for hydroxylation is 1. The first-order valence-corrected chi connectivity index (χ1v) is 10.2. The van der Waals surface area contributed by atoms with Crippen LogP contribution in [0.25, 0.3) is 0 Å². The molecule has 0 aromatic heterocycles. The molecule has 0 unspecified atom stereocenters. The maximum Gasteiger partial charge on any atom is 0.253 e. The molecule has 0 spiro atoms. The van der Waals surface area contributed by atoms with Gasteiger partial charge < -0.3 is 4.90 Å².